The number of nitriles is 1. The van der Waals surface area contributed by atoms with E-state index in [1.807, 2.05) is 0 Å². The number of carbonyl (C=O) groups excluding carboxylic acids is 1. The summed E-state index contributed by atoms with van der Waals surface area (Å²) in [5.41, 5.74) is 1.91. The van der Waals surface area contributed by atoms with Gasteiger partial charge in [-0.1, -0.05) is 32.6 Å². The molecule has 1 heterocycles. The van der Waals surface area contributed by atoms with Gasteiger partial charge in [-0.3, -0.25) is 4.79 Å². The Hall–Kier alpha value is -1.34. The fourth-order valence-electron chi connectivity index (χ4n) is 3.78. The van der Waals surface area contributed by atoms with Gasteiger partial charge in [0.15, 0.2) is 0 Å². The summed E-state index contributed by atoms with van der Waals surface area (Å²) >= 11 is 1.62. The van der Waals surface area contributed by atoms with Gasteiger partial charge in [-0.15, -0.1) is 11.3 Å². The van der Waals surface area contributed by atoms with E-state index in [1.54, 1.807) is 11.3 Å². The summed E-state index contributed by atoms with van der Waals surface area (Å²) in [7, 11) is 0. The Bertz CT molecular complexity index is 593. The van der Waals surface area contributed by atoms with Crippen LogP contribution in [0.1, 0.15) is 67.9 Å². The Morgan fingerprint density at radius 2 is 2.14 bits per heavy atom. The molecule has 0 aromatic carbocycles. The Morgan fingerprint density at radius 1 is 1.36 bits per heavy atom. The second-order valence-corrected chi connectivity index (χ2v) is 8.01. The minimum absolute atomic E-state index is 0.0787. The molecule has 2 aliphatic rings. The van der Waals surface area contributed by atoms with Gasteiger partial charge >= 0.3 is 0 Å². The number of amides is 1. The van der Waals surface area contributed by atoms with Crippen LogP contribution in [0, 0.1) is 23.2 Å². The van der Waals surface area contributed by atoms with Gasteiger partial charge in [-0.25, -0.2) is 0 Å². The third kappa shape index (κ3) is 3.35. The van der Waals surface area contributed by atoms with E-state index in [2.05, 4.69) is 18.3 Å². The highest BCUT2D eigenvalue weighted by atomic mass is 32.1. The molecule has 0 saturated heterocycles. The number of fused-ring (bicyclic) bond motifs is 1. The largest absolute Gasteiger partial charge is 0.317 e. The zero-order valence-electron chi connectivity index (χ0n) is 13.3. The van der Waals surface area contributed by atoms with Gasteiger partial charge in [-0.05, 0) is 43.1 Å². The van der Waals surface area contributed by atoms with Crippen molar-refractivity contribution in [3.8, 4) is 6.07 Å². The smallest absolute Gasteiger partial charge is 0.225 e. The average molecular weight is 316 g/mol. The molecule has 1 atom stereocenters. The third-order valence-electron chi connectivity index (χ3n) is 5.13. The minimum atomic E-state index is 0.0787. The lowest BCUT2D eigenvalue weighted by atomic mass is 9.88. The molecule has 0 radical (unpaired) electrons. The van der Waals surface area contributed by atoms with Crippen LogP contribution in [-0.4, -0.2) is 5.91 Å². The molecule has 0 bridgehead atoms. The maximum Gasteiger partial charge on any atom is 0.225 e. The van der Waals surface area contributed by atoms with E-state index < -0.39 is 0 Å². The first kappa shape index (κ1) is 15.6. The first-order valence-electron chi connectivity index (χ1n) is 8.52. The molecule has 1 aromatic rings. The zero-order chi connectivity index (χ0) is 15.5. The predicted octanol–water partition coefficient (Wildman–Crippen LogP) is 4.65. The Labute approximate surface area is 136 Å². The number of anilines is 1. The molecule has 1 saturated carbocycles. The van der Waals surface area contributed by atoms with Crippen LogP contribution in [0.2, 0.25) is 0 Å². The summed E-state index contributed by atoms with van der Waals surface area (Å²) in [4.78, 5) is 13.5. The van der Waals surface area contributed by atoms with Gasteiger partial charge in [0, 0.05) is 11.3 Å². The van der Waals surface area contributed by atoms with Crippen molar-refractivity contribution in [2.45, 2.75) is 64.7 Å². The highest BCUT2D eigenvalue weighted by Crippen LogP contribution is 2.39. The van der Waals surface area contributed by atoms with E-state index in [-0.39, 0.29) is 5.91 Å². The van der Waals surface area contributed by atoms with Crippen LogP contribution < -0.4 is 5.32 Å². The highest BCUT2D eigenvalue weighted by molar-refractivity contribution is 7.16. The topological polar surface area (TPSA) is 52.9 Å². The van der Waals surface area contributed by atoms with Crippen LogP contribution in [0.4, 0.5) is 5.00 Å². The first-order chi connectivity index (χ1) is 10.7. The molecule has 118 valence electrons. The molecule has 3 nitrogen and oxygen atoms in total. The summed E-state index contributed by atoms with van der Waals surface area (Å²) in [5, 5.41) is 13.3. The van der Waals surface area contributed by atoms with Crippen molar-refractivity contribution in [3.63, 3.8) is 0 Å². The second kappa shape index (κ2) is 6.83. The van der Waals surface area contributed by atoms with Crippen molar-refractivity contribution < 1.29 is 4.79 Å². The lowest BCUT2D eigenvalue weighted by Gasteiger charge is -2.17. The fourth-order valence-corrected chi connectivity index (χ4v) is 5.16. The maximum absolute atomic E-state index is 12.2. The predicted molar refractivity (Wildman–Crippen MR) is 90.0 cm³/mol. The molecule has 1 fully saturated rings. The summed E-state index contributed by atoms with van der Waals surface area (Å²) in [5.74, 6) is 1.50. The van der Waals surface area contributed by atoms with Gasteiger partial charge in [-0.2, -0.15) is 5.26 Å². The monoisotopic (exact) mass is 316 g/mol. The van der Waals surface area contributed by atoms with Crippen LogP contribution in [0.15, 0.2) is 0 Å². The van der Waals surface area contributed by atoms with Gasteiger partial charge < -0.3 is 5.32 Å². The molecule has 1 aromatic heterocycles. The third-order valence-corrected chi connectivity index (χ3v) is 6.30. The van der Waals surface area contributed by atoms with Crippen LogP contribution in [0.3, 0.4) is 0 Å². The fraction of sp³-hybridized carbons (Fsp3) is 0.667. The number of carbonyl (C=O) groups is 1. The van der Waals surface area contributed by atoms with Crippen molar-refractivity contribution in [2.24, 2.45) is 11.8 Å². The number of nitrogens with one attached hydrogen (secondary N) is 1. The van der Waals surface area contributed by atoms with Crippen LogP contribution in [-0.2, 0) is 17.6 Å². The normalized spacial score (nSPS) is 21.4. The molecule has 1 unspecified atom stereocenters. The first-order valence-corrected chi connectivity index (χ1v) is 9.33. The number of hydrogen-bond donors (Lipinski definition) is 1. The Balaban J connectivity index is 1.64. The summed E-state index contributed by atoms with van der Waals surface area (Å²) in [6, 6.07) is 2.32. The van der Waals surface area contributed by atoms with E-state index in [9.17, 15) is 10.1 Å². The highest BCUT2D eigenvalue weighted by Gasteiger charge is 2.25. The summed E-state index contributed by atoms with van der Waals surface area (Å²) in [6.45, 7) is 2.26. The standard InChI is InChI=1S/C18H24N2OS/c1-12-6-8-14-15(11-19)18(22-16(14)10-12)20-17(21)9-7-13-4-2-3-5-13/h12-13H,2-10H2,1H3,(H,20,21). The number of hydrogen-bond acceptors (Lipinski definition) is 3. The zero-order valence-corrected chi connectivity index (χ0v) is 14.1. The SMILES string of the molecule is CC1CCc2c(sc(NC(=O)CCC3CCCC3)c2C#N)C1. The maximum atomic E-state index is 12.2. The van der Waals surface area contributed by atoms with E-state index in [0.717, 1.165) is 42.2 Å². The van der Waals surface area contributed by atoms with E-state index in [1.165, 1.54) is 36.1 Å². The second-order valence-electron chi connectivity index (χ2n) is 6.91. The van der Waals surface area contributed by atoms with Crippen molar-refractivity contribution >= 4 is 22.2 Å². The van der Waals surface area contributed by atoms with Crippen molar-refractivity contribution in [3.05, 3.63) is 16.0 Å². The molecule has 3 rings (SSSR count). The molecule has 0 aliphatic heterocycles. The van der Waals surface area contributed by atoms with Crippen LogP contribution in [0.5, 0.6) is 0 Å². The van der Waals surface area contributed by atoms with Crippen LogP contribution in [0.25, 0.3) is 0 Å². The van der Waals surface area contributed by atoms with Crippen molar-refractivity contribution in [1.82, 2.24) is 0 Å². The molecule has 2 aliphatic carbocycles. The molecule has 4 heteroatoms. The van der Waals surface area contributed by atoms with E-state index in [0.29, 0.717) is 12.3 Å². The molecule has 1 amide bonds. The van der Waals surface area contributed by atoms with Crippen molar-refractivity contribution in [2.75, 3.05) is 5.32 Å². The van der Waals surface area contributed by atoms with Gasteiger partial charge in [0.2, 0.25) is 5.91 Å². The molecule has 22 heavy (non-hydrogen) atoms. The molecule has 0 spiro atoms. The molecular weight excluding hydrogens is 292 g/mol. The van der Waals surface area contributed by atoms with Gasteiger partial charge in [0.1, 0.15) is 11.1 Å². The van der Waals surface area contributed by atoms with E-state index >= 15 is 0 Å². The quantitative estimate of drug-likeness (QED) is 0.878. The van der Waals surface area contributed by atoms with Gasteiger partial charge in [0.25, 0.3) is 0 Å². The average Bonchev–Trinajstić information content (AvgIpc) is 3.11. The van der Waals surface area contributed by atoms with Gasteiger partial charge in [0.05, 0.1) is 5.56 Å². The summed E-state index contributed by atoms with van der Waals surface area (Å²) < 4.78 is 0. The van der Waals surface area contributed by atoms with E-state index in [4.69, 9.17) is 0 Å². The summed E-state index contributed by atoms with van der Waals surface area (Å²) in [6.07, 6.45) is 9.96. The lowest BCUT2D eigenvalue weighted by Crippen LogP contribution is -2.13. The van der Waals surface area contributed by atoms with Crippen molar-refractivity contribution in [1.29, 1.82) is 5.26 Å². The minimum Gasteiger partial charge on any atom is -0.317 e. The lowest BCUT2D eigenvalue weighted by molar-refractivity contribution is -0.116. The number of rotatable bonds is 4. The molecular formula is C18H24N2OS. The Kier molecular flexibility index (Phi) is 4.83. The number of nitrogens with zero attached hydrogens (tertiary/aromatic N) is 1. The number of thiophene rings is 1. The van der Waals surface area contributed by atoms with Crippen LogP contribution >= 0.6 is 11.3 Å². The Morgan fingerprint density at radius 3 is 2.86 bits per heavy atom. The molecule has 1 N–H and O–H groups in total.